The molecule has 110 heavy (non-hydrogen) atoms. The first kappa shape index (κ1) is 77.6. The number of rotatable bonds is 11. The standard InChI is InChI=1S/C19H18N2O2.C19H18N2O.C18H15ClN2O.C18H17N3O.C18H16N2O/c1-12-10-13(2)19(22)18-16(12)8-7-15(21-18)6-4-14-5-9-17(23-3)20-11-14;1-12-10-13(2)19(22)18-17(12)9-8-16(21-18)7-6-15-5-4-14(3)20-11-15;2*1-11-10-12(2)17(22)16-15(11)8-7-14(21-16)6-5-13-4-3-9-20-18(13)19;1-12-10-13(2)18(21)17-16(12)8-7-15(20-17)6-5-14-4-3-9-19-11-14/h4-11,22H,1-3H3;4-11,22H,1-3H3;3-10,22H,1-2H3;3-10,22H,1-2H3,(H2,19,20);3-11,21H,1-2H3/b6-4+;7-6+;3*6-5+. The zero-order chi connectivity index (χ0) is 78.3. The van der Waals surface area contributed by atoms with E-state index in [4.69, 9.17) is 22.1 Å². The lowest BCUT2D eigenvalue weighted by Crippen LogP contribution is -1.92. The molecular weight excluding hydrogens is 1390 g/mol. The number of hydrogen-bond donors (Lipinski definition) is 6. The predicted octanol–water partition coefficient (Wildman–Crippen LogP) is 21.2. The first-order valence-electron chi connectivity index (χ1n) is 35.4. The van der Waals surface area contributed by atoms with Gasteiger partial charge in [-0.15, -0.1) is 0 Å². The third-order valence-corrected chi connectivity index (χ3v) is 18.6. The van der Waals surface area contributed by atoms with Gasteiger partial charge in [0.25, 0.3) is 0 Å². The molecule has 0 saturated carbocycles. The van der Waals surface area contributed by atoms with Crippen LogP contribution in [0.5, 0.6) is 34.6 Å². The molecule has 15 rings (SSSR count). The molecular formula is C92H84ClN11O6. The molecule has 0 fully saturated rings. The highest BCUT2D eigenvalue weighted by Gasteiger charge is 2.14. The van der Waals surface area contributed by atoms with Crippen LogP contribution in [-0.2, 0) is 0 Å². The minimum Gasteiger partial charge on any atom is -0.505 e. The van der Waals surface area contributed by atoms with Crippen molar-refractivity contribution < 1.29 is 30.3 Å². The minimum absolute atomic E-state index is 0.232. The molecule has 18 heteroatoms. The summed E-state index contributed by atoms with van der Waals surface area (Å²) in [5.74, 6) is 2.29. The predicted molar refractivity (Wildman–Crippen MR) is 451 cm³/mol. The molecule has 0 spiro atoms. The van der Waals surface area contributed by atoms with Gasteiger partial charge >= 0.3 is 0 Å². The Labute approximate surface area is 644 Å². The van der Waals surface area contributed by atoms with Crippen LogP contribution in [0.3, 0.4) is 0 Å². The normalized spacial score (nSPS) is 11.4. The van der Waals surface area contributed by atoms with Gasteiger partial charge in [0, 0.05) is 87.0 Å². The van der Waals surface area contributed by atoms with E-state index in [9.17, 15) is 25.5 Å². The number of aromatic nitrogens is 10. The summed E-state index contributed by atoms with van der Waals surface area (Å²) in [7, 11) is 1.59. The number of nitrogens with zero attached hydrogens (tertiary/aromatic N) is 10. The summed E-state index contributed by atoms with van der Waals surface area (Å²) < 4.78 is 5.04. The quantitative estimate of drug-likeness (QED) is 0.0657. The van der Waals surface area contributed by atoms with Crippen molar-refractivity contribution in [3.63, 3.8) is 0 Å². The van der Waals surface area contributed by atoms with Gasteiger partial charge in [-0.05, 0) is 258 Å². The molecule has 0 saturated heterocycles. The highest BCUT2D eigenvalue weighted by Crippen LogP contribution is 2.36. The minimum atomic E-state index is 0.232. The van der Waals surface area contributed by atoms with E-state index in [1.165, 1.54) is 0 Å². The van der Waals surface area contributed by atoms with E-state index in [2.05, 4.69) is 49.8 Å². The fourth-order valence-corrected chi connectivity index (χ4v) is 12.5. The van der Waals surface area contributed by atoms with Crippen LogP contribution in [0.4, 0.5) is 5.82 Å². The van der Waals surface area contributed by atoms with Crippen molar-refractivity contribution in [1.29, 1.82) is 0 Å². The number of anilines is 1. The van der Waals surface area contributed by atoms with Crippen LogP contribution < -0.4 is 10.5 Å². The molecule has 0 atom stereocenters. The molecule has 10 aromatic heterocycles. The molecule has 15 aromatic rings. The van der Waals surface area contributed by atoms with E-state index < -0.39 is 0 Å². The molecule has 0 bridgehead atoms. The van der Waals surface area contributed by atoms with Gasteiger partial charge in [-0.25, -0.2) is 39.9 Å². The summed E-state index contributed by atoms with van der Waals surface area (Å²) in [5, 5.41) is 56.4. The fourth-order valence-electron chi connectivity index (χ4n) is 12.3. The average Bonchev–Trinajstić information content (AvgIpc) is 0.815. The van der Waals surface area contributed by atoms with E-state index in [1.54, 1.807) is 38.1 Å². The topological polar surface area (TPSA) is 265 Å². The van der Waals surface area contributed by atoms with Crippen molar-refractivity contribution in [3.8, 4) is 34.6 Å². The molecule has 0 aliphatic heterocycles. The Balaban J connectivity index is 0.000000136. The molecule has 17 nitrogen and oxygen atoms in total. The van der Waals surface area contributed by atoms with E-state index in [1.807, 2.05) is 295 Å². The first-order chi connectivity index (χ1) is 52.9. The van der Waals surface area contributed by atoms with Gasteiger partial charge in [0.15, 0.2) is 0 Å². The van der Waals surface area contributed by atoms with Crippen molar-refractivity contribution in [1.82, 2.24) is 49.8 Å². The number of phenolic OH excluding ortho intramolecular Hbond substituents is 5. The number of ether oxygens (including phenoxy) is 1. The maximum Gasteiger partial charge on any atom is 0.212 e. The van der Waals surface area contributed by atoms with Crippen LogP contribution in [0.2, 0.25) is 5.15 Å². The Morgan fingerprint density at radius 3 is 0.964 bits per heavy atom. The SMILES string of the molecule is COc1ccc(/C=C/c2ccc3c(C)cc(C)c(O)c3n2)cn1.Cc1cc(C)c2ccc(/C=C/c3cccnc3)nc2c1O.Cc1cc(C)c2ccc(/C=C/c3cccnc3Cl)nc2c1O.Cc1cc(C)c2ccc(/C=C/c3cccnc3N)nc2c1O.Cc1ccc(/C=C/c2ccc3c(C)cc(C)c(O)c3n2)cn1. The molecule has 5 aromatic carbocycles. The van der Waals surface area contributed by atoms with Gasteiger partial charge in [-0.1, -0.05) is 109 Å². The lowest BCUT2D eigenvalue weighted by Gasteiger charge is -2.08. The molecule has 7 N–H and O–H groups in total. The van der Waals surface area contributed by atoms with Crippen molar-refractivity contribution in [2.45, 2.75) is 76.2 Å². The molecule has 0 aliphatic rings. The molecule has 0 unspecified atom stereocenters. The van der Waals surface area contributed by atoms with E-state index in [0.29, 0.717) is 44.4 Å². The Kier molecular flexibility index (Phi) is 24.9. The highest BCUT2D eigenvalue weighted by molar-refractivity contribution is 6.31. The number of fused-ring (bicyclic) bond motifs is 5. The molecule has 0 aliphatic carbocycles. The number of nitrogen functional groups attached to an aromatic ring is 1. The first-order valence-corrected chi connectivity index (χ1v) is 35.8. The smallest absolute Gasteiger partial charge is 0.212 e. The second-order valence-electron chi connectivity index (χ2n) is 26.6. The van der Waals surface area contributed by atoms with Gasteiger partial charge in [0.1, 0.15) is 67.3 Å². The Morgan fingerprint density at radius 2 is 0.645 bits per heavy atom. The Bertz CT molecular complexity index is 5920. The number of nitrogens with two attached hydrogens (primary N) is 1. The number of phenols is 5. The van der Waals surface area contributed by atoms with Crippen molar-refractivity contribution in [2.75, 3.05) is 12.8 Å². The monoisotopic (exact) mass is 1470 g/mol. The highest BCUT2D eigenvalue weighted by atomic mass is 35.5. The summed E-state index contributed by atoms with van der Waals surface area (Å²) in [4.78, 5) is 43.4. The Hall–Kier alpha value is -13.5. The Morgan fingerprint density at radius 1 is 0.318 bits per heavy atom. The summed E-state index contributed by atoms with van der Waals surface area (Å²) in [6.07, 6.45) is 29.5. The van der Waals surface area contributed by atoms with Crippen molar-refractivity contribution in [2.24, 2.45) is 0 Å². The molecule has 0 radical (unpaired) electrons. The second kappa shape index (κ2) is 35.3. The number of benzene rings is 5. The average molecular weight is 1480 g/mol. The van der Waals surface area contributed by atoms with E-state index in [0.717, 1.165) is 145 Å². The fraction of sp³-hybridized carbons (Fsp3) is 0.130. The van der Waals surface area contributed by atoms with Crippen LogP contribution >= 0.6 is 11.6 Å². The van der Waals surface area contributed by atoms with Crippen LogP contribution in [0.25, 0.3) is 115 Å². The van der Waals surface area contributed by atoms with Crippen LogP contribution in [0.15, 0.2) is 189 Å². The van der Waals surface area contributed by atoms with Gasteiger partial charge in [0.05, 0.1) is 35.6 Å². The molecule has 0 amide bonds. The van der Waals surface area contributed by atoms with Gasteiger partial charge < -0.3 is 36.0 Å². The third kappa shape index (κ3) is 19.0. The zero-order valence-electron chi connectivity index (χ0n) is 63.2. The van der Waals surface area contributed by atoms with Gasteiger partial charge in [-0.3, -0.25) is 9.97 Å². The van der Waals surface area contributed by atoms with Crippen LogP contribution in [0.1, 0.15) is 118 Å². The summed E-state index contributed by atoms with van der Waals surface area (Å²) in [5.41, 5.74) is 28.3. The van der Waals surface area contributed by atoms with E-state index in [-0.39, 0.29) is 28.7 Å². The molecule has 10 heterocycles. The lowest BCUT2D eigenvalue weighted by atomic mass is 10.0. The number of methoxy groups -OCH3 is 1. The van der Waals surface area contributed by atoms with Crippen LogP contribution in [-0.4, -0.2) is 82.5 Å². The van der Waals surface area contributed by atoms with Gasteiger partial charge in [0.2, 0.25) is 5.88 Å². The number of aromatic hydroxyl groups is 5. The second-order valence-corrected chi connectivity index (χ2v) is 27.0. The summed E-state index contributed by atoms with van der Waals surface area (Å²) in [6, 6.07) is 48.6. The maximum atomic E-state index is 10.2. The lowest BCUT2D eigenvalue weighted by molar-refractivity contribution is 0.398. The molecule has 550 valence electrons. The summed E-state index contributed by atoms with van der Waals surface area (Å²) >= 11 is 6.03. The summed E-state index contributed by atoms with van der Waals surface area (Å²) in [6.45, 7) is 21.5. The number of hydrogen-bond acceptors (Lipinski definition) is 17. The maximum absolute atomic E-state index is 10.2. The third-order valence-electron chi connectivity index (χ3n) is 18.3. The number of pyridine rings is 10. The van der Waals surface area contributed by atoms with E-state index >= 15 is 0 Å². The number of halogens is 1. The number of aryl methyl sites for hydroxylation is 11. The zero-order valence-corrected chi connectivity index (χ0v) is 64.0. The van der Waals surface area contributed by atoms with Crippen LogP contribution in [0, 0.1) is 76.2 Å². The largest absolute Gasteiger partial charge is 0.505 e. The van der Waals surface area contributed by atoms with Crippen molar-refractivity contribution >= 4 is 133 Å². The van der Waals surface area contributed by atoms with Gasteiger partial charge in [-0.2, -0.15) is 0 Å². The van der Waals surface area contributed by atoms with Crippen molar-refractivity contribution in [3.05, 3.63) is 312 Å².